The van der Waals surface area contributed by atoms with Gasteiger partial charge < -0.3 is 20.4 Å². The minimum Gasteiger partial charge on any atom is -0.481 e. The normalized spacial score (nSPS) is 19.9. The number of hydrogen-bond donors (Lipinski definition) is 3. The molecule has 1 aliphatic heterocycles. The standard InChI is InChI=1S/C14H22N2O7/c1-14(2,3)13(22)23-16-6-4-5-9(16)11(19)15-8(12(20)21)7-10(17)18/h8-9H,4-7H2,1-3H3,(H,15,19)(H,17,18)(H,20,21)/t8-,9+/m0/s1. The first kappa shape index (κ1) is 18.9. The number of carbonyl (C=O) groups is 4. The molecule has 3 N–H and O–H groups in total. The molecule has 1 aliphatic rings. The van der Waals surface area contributed by atoms with Gasteiger partial charge in [-0.3, -0.25) is 9.59 Å². The van der Waals surface area contributed by atoms with Gasteiger partial charge >= 0.3 is 17.9 Å². The van der Waals surface area contributed by atoms with Crippen LogP contribution in [0.5, 0.6) is 0 Å². The van der Waals surface area contributed by atoms with Crippen LogP contribution in [0.4, 0.5) is 0 Å². The Morgan fingerprint density at radius 3 is 2.35 bits per heavy atom. The molecular formula is C14H22N2O7. The quantitative estimate of drug-likeness (QED) is 0.619. The van der Waals surface area contributed by atoms with E-state index < -0.39 is 47.7 Å². The van der Waals surface area contributed by atoms with Crippen LogP contribution in [-0.2, 0) is 24.0 Å². The van der Waals surface area contributed by atoms with Crippen LogP contribution < -0.4 is 5.32 Å². The average Bonchev–Trinajstić information content (AvgIpc) is 2.84. The largest absolute Gasteiger partial charge is 0.481 e. The van der Waals surface area contributed by atoms with Crippen LogP contribution in [0.15, 0.2) is 0 Å². The third-order valence-corrected chi connectivity index (χ3v) is 3.31. The van der Waals surface area contributed by atoms with Crippen LogP contribution in [0.2, 0.25) is 0 Å². The van der Waals surface area contributed by atoms with E-state index in [4.69, 9.17) is 15.1 Å². The molecule has 0 bridgehead atoms. The predicted molar refractivity (Wildman–Crippen MR) is 77.1 cm³/mol. The highest BCUT2D eigenvalue weighted by molar-refractivity contribution is 5.89. The first-order valence-electron chi connectivity index (χ1n) is 7.26. The fourth-order valence-electron chi connectivity index (χ4n) is 2.00. The summed E-state index contributed by atoms with van der Waals surface area (Å²) in [6, 6.07) is -2.35. The van der Waals surface area contributed by atoms with E-state index in [0.717, 1.165) is 0 Å². The second-order valence-corrected chi connectivity index (χ2v) is 6.42. The lowest BCUT2D eigenvalue weighted by Crippen LogP contribution is -2.50. The summed E-state index contributed by atoms with van der Waals surface area (Å²) in [5.41, 5.74) is -0.740. The van der Waals surface area contributed by atoms with E-state index in [9.17, 15) is 19.2 Å². The minimum absolute atomic E-state index is 0.358. The summed E-state index contributed by atoms with van der Waals surface area (Å²) < 4.78 is 0. The van der Waals surface area contributed by atoms with Gasteiger partial charge in [0.05, 0.1) is 11.8 Å². The van der Waals surface area contributed by atoms with Crippen molar-refractivity contribution in [3.05, 3.63) is 0 Å². The van der Waals surface area contributed by atoms with Gasteiger partial charge in [0.2, 0.25) is 5.91 Å². The van der Waals surface area contributed by atoms with E-state index in [1.165, 1.54) is 5.06 Å². The number of rotatable bonds is 6. The maximum absolute atomic E-state index is 12.2. The van der Waals surface area contributed by atoms with Gasteiger partial charge in [0, 0.05) is 6.54 Å². The van der Waals surface area contributed by atoms with Gasteiger partial charge in [-0.25, -0.2) is 9.59 Å². The summed E-state index contributed by atoms with van der Waals surface area (Å²) >= 11 is 0. The zero-order chi connectivity index (χ0) is 17.8. The molecule has 0 radical (unpaired) electrons. The highest BCUT2D eigenvalue weighted by Crippen LogP contribution is 2.22. The summed E-state index contributed by atoms with van der Waals surface area (Å²) in [5, 5.41) is 21.0. The predicted octanol–water partition coefficient (Wildman–Crippen LogP) is -0.000800. The van der Waals surface area contributed by atoms with E-state index in [1.807, 2.05) is 0 Å². The Balaban J connectivity index is 2.71. The van der Waals surface area contributed by atoms with Crippen molar-refractivity contribution in [2.45, 2.75) is 52.1 Å². The first-order valence-corrected chi connectivity index (χ1v) is 7.26. The Bertz CT molecular complexity index is 498. The second-order valence-electron chi connectivity index (χ2n) is 6.42. The second kappa shape index (κ2) is 7.40. The van der Waals surface area contributed by atoms with Gasteiger partial charge in [0.25, 0.3) is 0 Å². The first-order chi connectivity index (χ1) is 10.5. The number of carboxylic acid groups (broad SMARTS) is 2. The number of carboxylic acids is 2. The van der Waals surface area contributed by atoms with Gasteiger partial charge in [-0.2, -0.15) is 0 Å². The summed E-state index contributed by atoms with van der Waals surface area (Å²) in [6.45, 7) is 5.38. The van der Waals surface area contributed by atoms with Crippen molar-refractivity contribution >= 4 is 23.8 Å². The molecular weight excluding hydrogens is 308 g/mol. The molecule has 0 saturated carbocycles. The molecule has 23 heavy (non-hydrogen) atoms. The lowest BCUT2D eigenvalue weighted by molar-refractivity contribution is -0.204. The number of hydrogen-bond acceptors (Lipinski definition) is 6. The number of aliphatic carboxylic acids is 2. The molecule has 1 heterocycles. The van der Waals surface area contributed by atoms with Crippen LogP contribution in [0, 0.1) is 5.41 Å². The minimum atomic E-state index is -1.53. The van der Waals surface area contributed by atoms with Gasteiger partial charge in [0.1, 0.15) is 12.1 Å². The van der Waals surface area contributed by atoms with Crippen molar-refractivity contribution in [1.82, 2.24) is 10.4 Å². The maximum atomic E-state index is 12.2. The number of nitrogens with zero attached hydrogens (tertiary/aromatic N) is 1. The number of hydroxylamine groups is 2. The Hall–Kier alpha value is -2.16. The van der Waals surface area contributed by atoms with Crippen LogP contribution in [0.25, 0.3) is 0 Å². The monoisotopic (exact) mass is 330 g/mol. The molecule has 2 atom stereocenters. The van der Waals surface area contributed by atoms with Crippen molar-refractivity contribution in [3.63, 3.8) is 0 Å². The Morgan fingerprint density at radius 2 is 1.87 bits per heavy atom. The van der Waals surface area contributed by atoms with Gasteiger partial charge in [0.15, 0.2) is 0 Å². The van der Waals surface area contributed by atoms with E-state index in [0.29, 0.717) is 19.4 Å². The zero-order valence-corrected chi connectivity index (χ0v) is 13.4. The van der Waals surface area contributed by atoms with Crippen LogP contribution in [0.1, 0.15) is 40.0 Å². The topological polar surface area (TPSA) is 133 Å². The highest BCUT2D eigenvalue weighted by atomic mass is 16.7. The Labute approximate surface area is 133 Å². The zero-order valence-electron chi connectivity index (χ0n) is 13.4. The Morgan fingerprint density at radius 1 is 1.26 bits per heavy atom. The Kier molecular flexibility index (Phi) is 6.08. The fourth-order valence-corrected chi connectivity index (χ4v) is 2.00. The molecule has 1 rings (SSSR count). The van der Waals surface area contributed by atoms with E-state index in [1.54, 1.807) is 20.8 Å². The third kappa shape index (κ3) is 5.51. The SMILES string of the molecule is CC(C)(C)C(=O)ON1CCC[C@@H]1C(=O)N[C@@H](CC(=O)O)C(=O)O. The average molecular weight is 330 g/mol. The van der Waals surface area contributed by atoms with E-state index >= 15 is 0 Å². The number of amides is 1. The molecule has 1 saturated heterocycles. The number of carbonyl (C=O) groups excluding carboxylic acids is 2. The molecule has 9 nitrogen and oxygen atoms in total. The van der Waals surface area contributed by atoms with Gasteiger partial charge in [-0.05, 0) is 33.6 Å². The van der Waals surface area contributed by atoms with Crippen molar-refractivity contribution in [3.8, 4) is 0 Å². The maximum Gasteiger partial charge on any atom is 0.330 e. The molecule has 0 aromatic rings. The fraction of sp³-hybridized carbons (Fsp3) is 0.714. The molecule has 1 fully saturated rings. The highest BCUT2D eigenvalue weighted by Gasteiger charge is 2.37. The summed E-state index contributed by atoms with van der Waals surface area (Å²) in [7, 11) is 0. The molecule has 1 amide bonds. The lowest BCUT2D eigenvalue weighted by atomic mass is 9.98. The molecule has 0 aromatic heterocycles. The van der Waals surface area contributed by atoms with Crippen molar-refractivity contribution in [2.75, 3.05) is 6.54 Å². The molecule has 0 spiro atoms. The van der Waals surface area contributed by atoms with Crippen molar-refractivity contribution in [2.24, 2.45) is 5.41 Å². The van der Waals surface area contributed by atoms with Crippen molar-refractivity contribution < 1.29 is 34.2 Å². The van der Waals surface area contributed by atoms with Crippen LogP contribution in [-0.4, -0.2) is 57.7 Å². The molecule has 9 heteroatoms. The summed E-state index contributed by atoms with van der Waals surface area (Å²) in [6.07, 6.45) is 0.268. The smallest absolute Gasteiger partial charge is 0.330 e. The lowest BCUT2D eigenvalue weighted by Gasteiger charge is -2.26. The van der Waals surface area contributed by atoms with E-state index in [-0.39, 0.29) is 0 Å². The summed E-state index contributed by atoms with van der Waals surface area (Å²) in [5.74, 6) is -3.94. The molecule has 130 valence electrons. The van der Waals surface area contributed by atoms with E-state index in [2.05, 4.69) is 5.32 Å². The molecule has 0 aliphatic carbocycles. The van der Waals surface area contributed by atoms with Gasteiger partial charge in [-0.15, -0.1) is 5.06 Å². The van der Waals surface area contributed by atoms with Crippen molar-refractivity contribution in [1.29, 1.82) is 0 Å². The summed E-state index contributed by atoms with van der Waals surface area (Å²) in [4.78, 5) is 50.9. The van der Waals surface area contributed by atoms with Crippen LogP contribution in [0.3, 0.4) is 0 Å². The number of nitrogens with one attached hydrogen (secondary N) is 1. The van der Waals surface area contributed by atoms with Gasteiger partial charge in [-0.1, -0.05) is 0 Å². The third-order valence-electron chi connectivity index (χ3n) is 3.31. The van der Waals surface area contributed by atoms with Crippen LogP contribution >= 0.6 is 0 Å². The molecule has 0 aromatic carbocycles. The molecule has 0 unspecified atom stereocenters.